The highest BCUT2D eigenvalue weighted by atomic mass is 15.3. The maximum atomic E-state index is 5.90. The lowest BCUT2D eigenvalue weighted by molar-refractivity contribution is 0.887. The maximum Gasteiger partial charge on any atom is 0.168 e. The van der Waals surface area contributed by atoms with E-state index in [0.29, 0.717) is 11.6 Å². The van der Waals surface area contributed by atoms with Crippen molar-refractivity contribution in [3.63, 3.8) is 0 Å². The van der Waals surface area contributed by atoms with Gasteiger partial charge in [-0.25, -0.2) is 14.6 Å². The molecule has 2 heterocycles. The van der Waals surface area contributed by atoms with E-state index in [1.165, 1.54) is 11.1 Å². The maximum absolute atomic E-state index is 5.90. The Hall–Kier alpha value is -2.43. The number of hydrogen-bond donors (Lipinski definition) is 1. The number of hydrogen-bond acceptors (Lipinski definition) is 4. The lowest BCUT2D eigenvalue weighted by Gasteiger charge is -2.06. The molecule has 0 spiro atoms. The van der Waals surface area contributed by atoms with E-state index in [2.05, 4.69) is 47.1 Å². The van der Waals surface area contributed by atoms with E-state index in [4.69, 9.17) is 5.73 Å². The number of nitrogens with zero attached hydrogens (tertiary/aromatic N) is 4. The molecule has 3 rings (SSSR count). The number of nitrogen functional groups attached to an aromatic ring is 1. The van der Waals surface area contributed by atoms with Crippen molar-refractivity contribution in [3.05, 3.63) is 41.3 Å². The van der Waals surface area contributed by atoms with Crippen LogP contribution < -0.4 is 5.73 Å². The van der Waals surface area contributed by atoms with Crippen molar-refractivity contribution < 1.29 is 0 Å². The molecule has 0 unspecified atom stereocenters. The Kier molecular flexibility index (Phi) is 2.48. The van der Waals surface area contributed by atoms with Gasteiger partial charge in [0, 0.05) is 0 Å². The van der Waals surface area contributed by atoms with Crippen LogP contribution in [0.1, 0.15) is 17.0 Å². The van der Waals surface area contributed by atoms with Crippen LogP contribution in [-0.2, 0) is 0 Å². The number of benzene rings is 1. The van der Waals surface area contributed by atoms with Gasteiger partial charge in [-0.15, -0.1) is 0 Å². The third-order valence-corrected chi connectivity index (χ3v) is 3.02. The highest BCUT2D eigenvalue weighted by molar-refractivity contribution is 5.86. The minimum absolute atomic E-state index is 0.470. The predicted octanol–water partition coefficient (Wildman–Crippen LogP) is 2.32. The van der Waals surface area contributed by atoms with E-state index < -0.39 is 0 Å². The van der Waals surface area contributed by atoms with Crippen molar-refractivity contribution in [1.29, 1.82) is 0 Å². The zero-order valence-electron chi connectivity index (χ0n) is 11.2. The van der Waals surface area contributed by atoms with E-state index >= 15 is 0 Å². The van der Waals surface area contributed by atoms with Gasteiger partial charge in [0.1, 0.15) is 11.6 Å². The topological polar surface area (TPSA) is 69.6 Å². The second-order valence-corrected chi connectivity index (χ2v) is 4.80. The molecule has 0 fully saturated rings. The molecule has 0 bridgehead atoms. The van der Waals surface area contributed by atoms with Crippen LogP contribution in [0.25, 0.3) is 16.7 Å². The Balaban J connectivity index is 2.31. The second kappa shape index (κ2) is 4.05. The van der Waals surface area contributed by atoms with Crippen LogP contribution in [0.4, 0.5) is 5.82 Å². The number of rotatable bonds is 1. The van der Waals surface area contributed by atoms with Crippen LogP contribution in [0, 0.1) is 20.8 Å². The number of aromatic nitrogens is 4. The monoisotopic (exact) mass is 253 g/mol. The summed E-state index contributed by atoms with van der Waals surface area (Å²) in [5.74, 6) is 1.12. The van der Waals surface area contributed by atoms with E-state index in [1.54, 1.807) is 10.9 Å². The quantitative estimate of drug-likeness (QED) is 0.722. The van der Waals surface area contributed by atoms with Crippen molar-refractivity contribution in [1.82, 2.24) is 19.7 Å². The molecule has 2 aromatic heterocycles. The summed E-state index contributed by atoms with van der Waals surface area (Å²) >= 11 is 0. The molecule has 0 radical (unpaired) electrons. The summed E-state index contributed by atoms with van der Waals surface area (Å²) < 4.78 is 1.81. The molecule has 1 aromatic carbocycles. The van der Waals surface area contributed by atoms with Gasteiger partial charge in [-0.2, -0.15) is 5.10 Å². The van der Waals surface area contributed by atoms with Gasteiger partial charge in [0.05, 0.1) is 17.3 Å². The van der Waals surface area contributed by atoms with Gasteiger partial charge < -0.3 is 5.73 Å². The molecule has 0 amide bonds. The average Bonchev–Trinajstić information content (AvgIpc) is 2.71. The SMILES string of the molecule is Cc1cc(C)cc(-n2ncc3c(N)nc(C)nc32)c1. The molecular weight excluding hydrogens is 238 g/mol. The number of nitrogens with two attached hydrogens (primary N) is 1. The molecule has 0 saturated heterocycles. The zero-order valence-corrected chi connectivity index (χ0v) is 11.2. The third kappa shape index (κ3) is 1.93. The molecule has 19 heavy (non-hydrogen) atoms. The van der Waals surface area contributed by atoms with E-state index in [9.17, 15) is 0 Å². The summed E-state index contributed by atoms with van der Waals surface area (Å²) in [5, 5.41) is 5.17. The minimum Gasteiger partial charge on any atom is -0.383 e. The van der Waals surface area contributed by atoms with Crippen LogP contribution in [0.15, 0.2) is 24.4 Å². The molecule has 0 aliphatic rings. The Labute approximate surface area is 111 Å². The lowest BCUT2D eigenvalue weighted by atomic mass is 10.1. The highest BCUT2D eigenvalue weighted by Crippen LogP contribution is 2.21. The summed E-state index contributed by atoms with van der Waals surface area (Å²) in [5.41, 5.74) is 10.0. The van der Waals surface area contributed by atoms with Gasteiger partial charge in [-0.05, 0) is 44.0 Å². The van der Waals surface area contributed by atoms with Crippen LogP contribution in [0.3, 0.4) is 0 Å². The molecule has 0 aliphatic carbocycles. The van der Waals surface area contributed by atoms with E-state index in [1.807, 2.05) is 6.92 Å². The van der Waals surface area contributed by atoms with Crippen LogP contribution in [0.2, 0.25) is 0 Å². The van der Waals surface area contributed by atoms with Crippen molar-refractivity contribution in [2.24, 2.45) is 0 Å². The number of anilines is 1. The second-order valence-electron chi connectivity index (χ2n) is 4.80. The fraction of sp³-hybridized carbons (Fsp3) is 0.214. The van der Waals surface area contributed by atoms with Gasteiger partial charge in [-0.1, -0.05) is 6.07 Å². The molecule has 5 nitrogen and oxygen atoms in total. The Morgan fingerprint density at radius 3 is 2.37 bits per heavy atom. The van der Waals surface area contributed by atoms with Crippen molar-refractivity contribution >= 4 is 16.9 Å². The largest absolute Gasteiger partial charge is 0.383 e. The summed E-state index contributed by atoms with van der Waals surface area (Å²) in [6.45, 7) is 5.96. The molecule has 0 saturated carbocycles. The number of fused-ring (bicyclic) bond motifs is 1. The molecule has 0 atom stereocenters. The van der Waals surface area contributed by atoms with Gasteiger partial charge >= 0.3 is 0 Å². The Morgan fingerprint density at radius 2 is 1.68 bits per heavy atom. The normalized spacial score (nSPS) is 11.1. The van der Waals surface area contributed by atoms with Gasteiger partial charge in [0.25, 0.3) is 0 Å². The first-order valence-electron chi connectivity index (χ1n) is 6.11. The summed E-state index contributed by atoms with van der Waals surface area (Å²) in [7, 11) is 0. The summed E-state index contributed by atoms with van der Waals surface area (Å²) in [4.78, 5) is 8.60. The fourth-order valence-electron chi connectivity index (χ4n) is 2.30. The van der Waals surface area contributed by atoms with Gasteiger partial charge in [0.15, 0.2) is 5.65 Å². The Morgan fingerprint density at radius 1 is 1.00 bits per heavy atom. The lowest BCUT2D eigenvalue weighted by Crippen LogP contribution is -2.02. The fourth-order valence-corrected chi connectivity index (χ4v) is 2.30. The first-order chi connectivity index (χ1) is 9.04. The molecule has 5 heteroatoms. The van der Waals surface area contributed by atoms with E-state index in [0.717, 1.165) is 16.7 Å². The molecule has 0 aliphatic heterocycles. The molecule has 96 valence electrons. The minimum atomic E-state index is 0.470. The average molecular weight is 253 g/mol. The van der Waals surface area contributed by atoms with Crippen molar-refractivity contribution in [3.8, 4) is 5.69 Å². The predicted molar refractivity (Wildman–Crippen MR) is 75.3 cm³/mol. The zero-order chi connectivity index (χ0) is 13.6. The summed E-state index contributed by atoms with van der Waals surface area (Å²) in [6.07, 6.45) is 1.71. The van der Waals surface area contributed by atoms with Crippen LogP contribution >= 0.6 is 0 Å². The van der Waals surface area contributed by atoms with Crippen LogP contribution in [0.5, 0.6) is 0 Å². The molecule has 3 aromatic rings. The smallest absolute Gasteiger partial charge is 0.168 e. The first-order valence-corrected chi connectivity index (χ1v) is 6.11. The number of aryl methyl sites for hydroxylation is 3. The summed E-state index contributed by atoms with van der Waals surface area (Å²) in [6, 6.07) is 6.28. The van der Waals surface area contributed by atoms with Gasteiger partial charge in [-0.3, -0.25) is 0 Å². The third-order valence-electron chi connectivity index (χ3n) is 3.02. The first kappa shape index (κ1) is 11.6. The van der Waals surface area contributed by atoms with Crippen molar-refractivity contribution in [2.45, 2.75) is 20.8 Å². The van der Waals surface area contributed by atoms with Crippen LogP contribution in [-0.4, -0.2) is 19.7 Å². The highest BCUT2D eigenvalue weighted by Gasteiger charge is 2.11. The standard InChI is InChI=1S/C14H15N5/c1-8-4-9(2)6-11(5-8)19-14-12(7-16-19)13(15)17-10(3)18-14/h4-7H,1-3H3,(H2,15,17,18). The van der Waals surface area contributed by atoms with Gasteiger partial charge in [0.2, 0.25) is 0 Å². The molecular formula is C14H15N5. The van der Waals surface area contributed by atoms with Crippen molar-refractivity contribution in [2.75, 3.05) is 5.73 Å². The van der Waals surface area contributed by atoms with E-state index in [-0.39, 0.29) is 0 Å². The molecule has 2 N–H and O–H groups in total. The Bertz CT molecular complexity index is 753.